The molecular weight excluding hydrogens is 196 g/mol. The number of rotatable bonds is 6. The molecule has 0 atom stereocenters. The van der Waals surface area contributed by atoms with Crippen LogP contribution in [0.2, 0.25) is 0 Å². The van der Waals surface area contributed by atoms with Crippen LogP contribution >= 0.6 is 0 Å². The number of unbranched alkanes of at least 4 members (excludes halogenated alkanes) is 2. The molecule has 1 aromatic rings. The fraction of sp³-hybridized carbons (Fsp3) is 0.727. The molecule has 0 saturated carbocycles. The van der Waals surface area contributed by atoms with Gasteiger partial charge in [0.1, 0.15) is 12.4 Å². The maximum atomic E-state index is 2.28. The molecule has 0 aliphatic carbocycles. The monoisotopic (exact) mass is 216 g/mol. The summed E-state index contributed by atoms with van der Waals surface area (Å²) in [6.07, 6.45) is 11.7. The van der Waals surface area contributed by atoms with Gasteiger partial charge in [-0.3, -0.25) is 0 Å². The molecule has 0 amide bonds. The van der Waals surface area contributed by atoms with Gasteiger partial charge < -0.3 is 12.4 Å². The van der Waals surface area contributed by atoms with Gasteiger partial charge in [0, 0.05) is 0 Å². The third-order valence-electron chi connectivity index (χ3n) is 2.25. The molecule has 14 heavy (non-hydrogen) atoms. The van der Waals surface area contributed by atoms with Crippen LogP contribution in [-0.4, -0.2) is 4.57 Å². The zero-order valence-electron chi connectivity index (χ0n) is 9.25. The molecule has 0 aliphatic rings. The normalized spacial score (nSPS) is 9.86. The lowest BCUT2D eigenvalue weighted by Gasteiger charge is -1.94. The van der Waals surface area contributed by atoms with E-state index in [2.05, 4.69) is 41.7 Å². The van der Waals surface area contributed by atoms with E-state index in [1.807, 2.05) is 0 Å². The van der Waals surface area contributed by atoms with E-state index in [1.54, 1.807) is 0 Å². The molecule has 0 aromatic carbocycles. The zero-order chi connectivity index (χ0) is 9.52. The molecule has 0 N–H and O–H groups in total. The summed E-state index contributed by atoms with van der Waals surface area (Å²) in [5, 5.41) is 0. The quantitative estimate of drug-likeness (QED) is 0.443. The summed E-state index contributed by atoms with van der Waals surface area (Å²) < 4.78 is 4.54. The van der Waals surface area contributed by atoms with E-state index < -0.39 is 0 Å². The van der Waals surface area contributed by atoms with Crippen molar-refractivity contribution >= 4 is 0 Å². The zero-order valence-corrected chi connectivity index (χ0v) is 10.0. The number of hydrogen-bond donors (Lipinski definition) is 0. The highest BCUT2D eigenvalue weighted by molar-refractivity contribution is 4.65. The van der Waals surface area contributed by atoms with Gasteiger partial charge in [0.2, 0.25) is 6.33 Å². The molecule has 0 spiro atoms. The van der Waals surface area contributed by atoms with Crippen LogP contribution in [-0.2, 0) is 13.1 Å². The van der Waals surface area contributed by atoms with Crippen LogP contribution in [0.4, 0.5) is 0 Å². The number of aryl methyl sites for hydroxylation is 2. The highest BCUT2D eigenvalue weighted by Crippen LogP contribution is 1.97. The van der Waals surface area contributed by atoms with Crippen molar-refractivity contribution in [1.82, 2.24) is 4.57 Å². The molecule has 1 rings (SSSR count). The Morgan fingerprint density at radius 2 is 1.93 bits per heavy atom. The average Bonchev–Trinajstić information content (AvgIpc) is 2.54. The van der Waals surface area contributed by atoms with Crippen molar-refractivity contribution in [3.63, 3.8) is 0 Å². The Kier molecular flexibility index (Phi) is 7.58. The number of imidazole rings is 1. The summed E-state index contributed by atoms with van der Waals surface area (Å²) in [5.74, 6) is 0. The second kappa shape index (κ2) is 7.86. The van der Waals surface area contributed by atoms with Gasteiger partial charge in [-0.15, -0.1) is 0 Å². The SMILES string of the molecule is CCCCCn1cc[n+](CCC)c1.[Cl-]. The first-order valence-electron chi connectivity index (χ1n) is 5.41. The number of aromatic nitrogens is 2. The van der Waals surface area contributed by atoms with Crippen LogP contribution in [0.5, 0.6) is 0 Å². The summed E-state index contributed by atoms with van der Waals surface area (Å²) in [4.78, 5) is 0. The van der Waals surface area contributed by atoms with Gasteiger partial charge in [-0.1, -0.05) is 20.3 Å². The van der Waals surface area contributed by atoms with E-state index in [0.29, 0.717) is 0 Å². The molecule has 0 bridgehead atoms. The van der Waals surface area contributed by atoms with E-state index in [9.17, 15) is 0 Å². The number of nitrogens with zero attached hydrogens (tertiary/aromatic N) is 2. The molecular formula is C11H21ClN2. The Hall–Kier alpha value is -0.500. The van der Waals surface area contributed by atoms with Crippen LogP contribution in [0.3, 0.4) is 0 Å². The smallest absolute Gasteiger partial charge is 0.243 e. The summed E-state index contributed by atoms with van der Waals surface area (Å²) in [5.41, 5.74) is 0. The van der Waals surface area contributed by atoms with E-state index in [1.165, 1.54) is 32.2 Å². The minimum absolute atomic E-state index is 0. The van der Waals surface area contributed by atoms with Crippen LogP contribution in [0, 0.1) is 0 Å². The highest BCUT2D eigenvalue weighted by atomic mass is 35.5. The maximum absolute atomic E-state index is 2.28. The summed E-state index contributed by atoms with van der Waals surface area (Å²) in [7, 11) is 0. The van der Waals surface area contributed by atoms with Crippen LogP contribution in [0.15, 0.2) is 18.7 Å². The number of halogens is 1. The molecule has 3 heteroatoms. The van der Waals surface area contributed by atoms with Crippen molar-refractivity contribution in [2.45, 2.75) is 52.6 Å². The van der Waals surface area contributed by atoms with Gasteiger partial charge in [-0.25, -0.2) is 9.13 Å². The predicted molar refractivity (Wildman–Crippen MR) is 54.4 cm³/mol. The van der Waals surface area contributed by atoms with Gasteiger partial charge in [-0.05, 0) is 19.3 Å². The molecule has 2 nitrogen and oxygen atoms in total. The molecule has 82 valence electrons. The molecule has 1 aromatic heterocycles. The Morgan fingerprint density at radius 1 is 1.14 bits per heavy atom. The Morgan fingerprint density at radius 3 is 2.57 bits per heavy atom. The minimum atomic E-state index is 0. The van der Waals surface area contributed by atoms with Crippen molar-refractivity contribution in [2.24, 2.45) is 0 Å². The van der Waals surface area contributed by atoms with Crippen molar-refractivity contribution in [2.75, 3.05) is 0 Å². The summed E-state index contributed by atoms with van der Waals surface area (Å²) >= 11 is 0. The first kappa shape index (κ1) is 13.5. The van der Waals surface area contributed by atoms with Gasteiger partial charge in [0.15, 0.2) is 0 Å². The molecule has 0 aliphatic heterocycles. The lowest BCUT2D eigenvalue weighted by atomic mass is 10.2. The summed E-state index contributed by atoms with van der Waals surface area (Å²) in [6.45, 7) is 6.76. The average molecular weight is 217 g/mol. The second-order valence-corrected chi connectivity index (χ2v) is 3.60. The third-order valence-corrected chi connectivity index (χ3v) is 2.25. The Balaban J connectivity index is 0.00000169. The van der Waals surface area contributed by atoms with E-state index in [0.717, 1.165) is 6.54 Å². The minimum Gasteiger partial charge on any atom is -1.00 e. The van der Waals surface area contributed by atoms with Crippen LogP contribution in [0.25, 0.3) is 0 Å². The Labute approximate surface area is 93.4 Å². The molecule has 0 radical (unpaired) electrons. The van der Waals surface area contributed by atoms with E-state index in [4.69, 9.17) is 0 Å². The van der Waals surface area contributed by atoms with E-state index >= 15 is 0 Å². The molecule has 0 unspecified atom stereocenters. The summed E-state index contributed by atoms with van der Waals surface area (Å²) in [6, 6.07) is 0. The van der Waals surface area contributed by atoms with Crippen LogP contribution < -0.4 is 17.0 Å². The first-order chi connectivity index (χ1) is 6.36. The third kappa shape index (κ3) is 4.66. The first-order valence-corrected chi connectivity index (χ1v) is 5.41. The van der Waals surface area contributed by atoms with Gasteiger partial charge in [0.25, 0.3) is 0 Å². The lowest BCUT2D eigenvalue weighted by molar-refractivity contribution is -0.696. The van der Waals surface area contributed by atoms with Gasteiger partial charge in [-0.2, -0.15) is 0 Å². The lowest BCUT2D eigenvalue weighted by Crippen LogP contribution is -3.00. The highest BCUT2D eigenvalue weighted by Gasteiger charge is 2.00. The largest absolute Gasteiger partial charge is 1.00 e. The van der Waals surface area contributed by atoms with Crippen molar-refractivity contribution in [3.05, 3.63) is 18.7 Å². The van der Waals surface area contributed by atoms with Crippen molar-refractivity contribution in [1.29, 1.82) is 0 Å². The Bertz CT molecular complexity index is 233. The van der Waals surface area contributed by atoms with E-state index in [-0.39, 0.29) is 12.4 Å². The predicted octanol–water partition coefficient (Wildman–Crippen LogP) is -0.620. The van der Waals surface area contributed by atoms with Crippen molar-refractivity contribution < 1.29 is 17.0 Å². The molecule has 0 saturated heterocycles. The van der Waals surface area contributed by atoms with Gasteiger partial charge in [0.05, 0.1) is 13.1 Å². The van der Waals surface area contributed by atoms with Crippen molar-refractivity contribution in [3.8, 4) is 0 Å². The standard InChI is InChI=1S/C11H21N2.ClH/c1-3-5-6-8-13-10-9-12(11-13)7-4-2;/h9-11H,3-8H2,1-2H3;1H/q+1;/p-1. The fourth-order valence-corrected chi connectivity index (χ4v) is 1.51. The fourth-order valence-electron chi connectivity index (χ4n) is 1.51. The van der Waals surface area contributed by atoms with Gasteiger partial charge >= 0.3 is 0 Å². The van der Waals surface area contributed by atoms with Crippen LogP contribution in [0.1, 0.15) is 39.5 Å². The maximum Gasteiger partial charge on any atom is 0.243 e. The number of hydrogen-bond acceptors (Lipinski definition) is 0. The second-order valence-electron chi connectivity index (χ2n) is 3.60. The molecule has 0 fully saturated rings. The topological polar surface area (TPSA) is 8.81 Å². The molecule has 1 heterocycles.